The molecule has 3 fully saturated rings. The van der Waals surface area contributed by atoms with Crippen molar-refractivity contribution in [3.05, 3.63) is 161 Å². The molecule has 3 aliphatic rings. The SMILES string of the molecule is C#Cc1ccc(Cl)c(-c2cc3cc(NC(=O)[C@H]4C[C@@H]4c4cnn(C)c4)ncc3c(N)n2)c1.Cc1ccccc1-c1cc2cc(NC(=O)[C@@H]3C[C@H]3CC#N)ncc2c(N)n1.Cc1ccccc1-c1cc2cc(NC(=O)[C@H]3C[C@@H]3CC#N)ncc2c(N)n1. The summed E-state index contributed by atoms with van der Waals surface area (Å²) in [6.07, 6.45) is 17.3. The number of carbonyl (C=O) groups is 3. The second kappa shape index (κ2) is 24.2. The number of carbonyl (C=O) groups excluding carboxylic acids is 3. The number of hydrogen-bond donors (Lipinski definition) is 6. The van der Waals surface area contributed by atoms with Gasteiger partial charge in [0.1, 0.15) is 34.9 Å². The Morgan fingerprint density at radius 1 is 0.593 bits per heavy atom. The van der Waals surface area contributed by atoms with E-state index in [1.54, 1.807) is 47.5 Å². The Kier molecular flexibility index (Phi) is 16.0. The van der Waals surface area contributed by atoms with Gasteiger partial charge in [0.25, 0.3) is 0 Å². The number of nitrogens with two attached hydrogens (primary N) is 3. The first kappa shape index (κ1) is 57.0. The molecule has 7 heterocycles. The number of halogens is 1. The fraction of sp³-hybridized carbons (Fsp3) is 0.212. The Morgan fingerprint density at radius 3 is 1.43 bits per heavy atom. The van der Waals surface area contributed by atoms with Crippen LogP contribution in [0.2, 0.25) is 5.02 Å². The quantitative estimate of drug-likeness (QED) is 0.0620. The topological polar surface area (TPSA) is 308 Å². The molecule has 20 heteroatoms. The second-order valence-corrected chi connectivity index (χ2v) is 22.2. The van der Waals surface area contributed by atoms with Crippen LogP contribution in [0.25, 0.3) is 66.1 Å². The monoisotopic (exact) mass is 1160 g/mol. The molecular weight excluding hydrogens is 1100 g/mol. The smallest absolute Gasteiger partial charge is 0.229 e. The number of nitrogen functional groups attached to an aromatic ring is 3. The summed E-state index contributed by atoms with van der Waals surface area (Å²) in [7, 11) is 1.87. The minimum absolute atomic E-state index is 0.0577. The zero-order valence-corrected chi connectivity index (χ0v) is 47.8. The Labute approximate surface area is 500 Å². The van der Waals surface area contributed by atoms with Gasteiger partial charge in [-0.15, -0.1) is 6.42 Å². The summed E-state index contributed by atoms with van der Waals surface area (Å²) in [4.78, 5) is 63.7. The number of fused-ring (bicyclic) bond motifs is 3. The lowest BCUT2D eigenvalue weighted by Gasteiger charge is -2.10. The van der Waals surface area contributed by atoms with Gasteiger partial charge in [0, 0.05) is 101 Å². The predicted octanol–water partition coefficient (Wildman–Crippen LogP) is 11.3. The van der Waals surface area contributed by atoms with Crippen LogP contribution in [0.15, 0.2) is 134 Å². The molecule has 3 amide bonds. The standard InChI is InChI=1S/C24H19ClN6O.2C21H19N5O/c1-3-13-4-5-20(25)18(6-13)21-7-14-8-22(27-11-19(14)23(26)29-21)30-24(32)17-9-16(17)15-10-28-31(2)12-15;2*1-12-4-2-3-5-15(12)18-9-14-10-19(24-11-17(14)20(23)25-18)26-21(27)16-8-13(16)6-7-22/h1,4-8,10-12,16-17H,9H2,2H3,(H2,26,29)(H,27,30,32);2*2-5,9-11,13,16H,6,8H2,1H3,(H2,23,25)(H,24,26,27)/t16-,17+;2*13-,16-/m110/s1. The van der Waals surface area contributed by atoms with Gasteiger partial charge in [-0.25, -0.2) is 29.9 Å². The lowest BCUT2D eigenvalue weighted by molar-refractivity contribution is -0.118. The van der Waals surface area contributed by atoms with Crippen LogP contribution in [-0.4, -0.2) is 57.4 Å². The van der Waals surface area contributed by atoms with Gasteiger partial charge in [0.05, 0.1) is 40.4 Å². The van der Waals surface area contributed by atoms with E-state index in [1.807, 2.05) is 112 Å². The van der Waals surface area contributed by atoms with Crippen molar-refractivity contribution in [2.24, 2.45) is 36.6 Å². The van der Waals surface area contributed by atoms with Gasteiger partial charge in [-0.1, -0.05) is 66.1 Å². The van der Waals surface area contributed by atoms with Crippen molar-refractivity contribution in [3.8, 4) is 58.3 Å². The summed E-state index contributed by atoms with van der Waals surface area (Å²) in [5, 5.41) is 35.5. The summed E-state index contributed by atoms with van der Waals surface area (Å²) >= 11 is 6.37. The molecule has 0 aliphatic heterocycles. The largest absolute Gasteiger partial charge is 0.383 e. The molecule has 426 valence electrons. The molecule has 10 aromatic rings. The van der Waals surface area contributed by atoms with E-state index in [-0.39, 0.29) is 53.2 Å². The van der Waals surface area contributed by atoms with E-state index in [2.05, 4.69) is 69.0 Å². The van der Waals surface area contributed by atoms with Gasteiger partial charge in [-0.05, 0) is 138 Å². The highest BCUT2D eigenvalue weighted by molar-refractivity contribution is 6.33. The molecule has 0 bridgehead atoms. The fourth-order valence-corrected chi connectivity index (χ4v) is 10.9. The van der Waals surface area contributed by atoms with Crippen molar-refractivity contribution in [1.82, 2.24) is 39.7 Å². The third-order valence-electron chi connectivity index (χ3n) is 15.7. The van der Waals surface area contributed by atoms with Crippen molar-refractivity contribution in [1.29, 1.82) is 10.5 Å². The Morgan fingerprint density at radius 2 is 1.02 bits per heavy atom. The highest BCUT2D eigenvalue weighted by atomic mass is 35.5. The lowest BCUT2D eigenvalue weighted by Crippen LogP contribution is -2.15. The number of pyridine rings is 6. The first-order valence-electron chi connectivity index (χ1n) is 27.8. The number of amides is 3. The molecule has 9 N–H and O–H groups in total. The molecular formula is C66H57ClN16O3. The molecule has 0 radical (unpaired) electrons. The molecule has 3 aromatic carbocycles. The van der Waals surface area contributed by atoms with Crippen LogP contribution >= 0.6 is 11.6 Å². The number of benzene rings is 3. The normalized spacial score (nSPS) is 17.7. The summed E-state index contributed by atoms with van der Waals surface area (Å²) < 4.78 is 1.75. The summed E-state index contributed by atoms with van der Waals surface area (Å²) in [6.45, 7) is 4.06. The van der Waals surface area contributed by atoms with Crippen LogP contribution in [0.4, 0.5) is 34.9 Å². The van der Waals surface area contributed by atoms with E-state index in [0.717, 1.165) is 85.4 Å². The van der Waals surface area contributed by atoms with Crippen molar-refractivity contribution < 1.29 is 14.4 Å². The van der Waals surface area contributed by atoms with Gasteiger partial charge in [-0.3, -0.25) is 19.1 Å². The minimum atomic E-state index is -0.0906. The van der Waals surface area contributed by atoms with Crippen molar-refractivity contribution in [3.63, 3.8) is 0 Å². The van der Waals surface area contributed by atoms with E-state index < -0.39 is 0 Å². The third-order valence-corrected chi connectivity index (χ3v) is 16.1. The molecule has 0 saturated heterocycles. The molecule has 0 spiro atoms. The molecule has 19 nitrogen and oxygen atoms in total. The van der Waals surface area contributed by atoms with Crippen molar-refractivity contribution in [2.45, 2.75) is 51.9 Å². The van der Waals surface area contributed by atoms with Crippen LogP contribution in [0.5, 0.6) is 0 Å². The van der Waals surface area contributed by atoms with Crippen molar-refractivity contribution >= 4 is 96.5 Å². The van der Waals surface area contributed by atoms with Gasteiger partial charge in [0.2, 0.25) is 17.7 Å². The zero-order valence-electron chi connectivity index (χ0n) is 47.1. The third kappa shape index (κ3) is 12.6. The average molecular weight is 1160 g/mol. The number of hydrogen-bond acceptors (Lipinski definition) is 15. The van der Waals surface area contributed by atoms with Gasteiger partial charge in [0.15, 0.2) is 0 Å². The number of aromatic nitrogens is 8. The van der Waals surface area contributed by atoms with E-state index in [0.29, 0.717) is 75.0 Å². The van der Waals surface area contributed by atoms with E-state index in [1.165, 1.54) is 0 Å². The molecule has 0 unspecified atom stereocenters. The van der Waals surface area contributed by atoms with Crippen LogP contribution < -0.4 is 33.2 Å². The van der Waals surface area contributed by atoms with E-state index in [4.69, 9.17) is 45.7 Å². The second-order valence-electron chi connectivity index (χ2n) is 21.8. The van der Waals surface area contributed by atoms with E-state index in [9.17, 15) is 14.4 Å². The Balaban J connectivity index is 0.000000135. The maximum Gasteiger partial charge on any atom is 0.229 e. The first-order chi connectivity index (χ1) is 41.5. The average Bonchev–Trinajstić information content (AvgIpc) is 2.32. The Bertz CT molecular complexity index is 4310. The number of nitrogens with zero attached hydrogens (tertiary/aromatic N) is 10. The molecule has 13 rings (SSSR count). The number of nitrogens with one attached hydrogen (secondary N) is 3. The molecule has 86 heavy (non-hydrogen) atoms. The van der Waals surface area contributed by atoms with Crippen molar-refractivity contribution in [2.75, 3.05) is 33.2 Å². The summed E-state index contributed by atoms with van der Waals surface area (Å²) in [6, 6.07) is 36.7. The lowest BCUT2D eigenvalue weighted by atomic mass is 10.0. The summed E-state index contributed by atoms with van der Waals surface area (Å²) in [5.41, 5.74) is 27.4. The summed E-state index contributed by atoms with van der Waals surface area (Å²) in [5.74, 6) is 5.22. The fourth-order valence-electron chi connectivity index (χ4n) is 10.6. The van der Waals surface area contributed by atoms with Crippen LogP contribution in [-0.2, 0) is 21.4 Å². The number of nitriles is 2. The van der Waals surface area contributed by atoms with Crippen LogP contribution in [0.1, 0.15) is 60.3 Å². The first-order valence-corrected chi connectivity index (χ1v) is 28.2. The van der Waals surface area contributed by atoms with E-state index >= 15 is 0 Å². The van der Waals surface area contributed by atoms with Gasteiger partial charge < -0.3 is 33.2 Å². The zero-order chi connectivity index (χ0) is 60.3. The number of aryl methyl sites for hydroxylation is 3. The number of anilines is 6. The minimum Gasteiger partial charge on any atom is -0.383 e. The predicted molar refractivity (Wildman–Crippen MR) is 334 cm³/mol. The molecule has 6 atom stereocenters. The highest BCUT2D eigenvalue weighted by Crippen LogP contribution is 2.48. The molecule has 7 aromatic heterocycles. The maximum absolute atomic E-state index is 12.7. The molecule has 3 aliphatic carbocycles. The Hall–Kier alpha value is -10.8. The van der Waals surface area contributed by atoms with Gasteiger partial charge >= 0.3 is 0 Å². The van der Waals surface area contributed by atoms with Crippen LogP contribution in [0, 0.1) is 78.4 Å². The maximum atomic E-state index is 12.7. The molecule has 3 saturated carbocycles. The van der Waals surface area contributed by atoms with Gasteiger partial charge in [-0.2, -0.15) is 15.6 Å². The number of rotatable bonds is 12. The highest BCUT2D eigenvalue weighted by Gasteiger charge is 2.45. The van der Waals surface area contributed by atoms with Crippen LogP contribution in [0.3, 0.4) is 0 Å². The number of terminal acetylenes is 1.